The van der Waals surface area contributed by atoms with Crippen LogP contribution < -0.4 is 4.74 Å². The van der Waals surface area contributed by atoms with Crippen molar-refractivity contribution in [2.75, 3.05) is 6.61 Å². The number of amides is 2. The van der Waals surface area contributed by atoms with Crippen molar-refractivity contribution in [2.24, 2.45) is 17.8 Å². The number of halogens is 1. The minimum Gasteiger partial charge on any atom is -0.505 e. The summed E-state index contributed by atoms with van der Waals surface area (Å²) >= 11 is 0. The Morgan fingerprint density at radius 1 is 1.03 bits per heavy atom. The van der Waals surface area contributed by atoms with E-state index < -0.39 is 42.5 Å². The van der Waals surface area contributed by atoms with Gasteiger partial charge in [-0.1, -0.05) is 43.5 Å². The third-order valence-corrected chi connectivity index (χ3v) is 8.69. The quantitative estimate of drug-likeness (QED) is 0.451. The Morgan fingerprint density at radius 2 is 1.79 bits per heavy atom. The average molecular weight is 519 g/mol. The van der Waals surface area contributed by atoms with Crippen LogP contribution >= 0.6 is 0 Å². The lowest BCUT2D eigenvalue weighted by atomic mass is 9.55. The van der Waals surface area contributed by atoms with Crippen LogP contribution in [0, 0.1) is 23.6 Å². The molecule has 2 heterocycles. The number of carbonyl (C=O) groups excluding carboxylic acids is 2. The van der Waals surface area contributed by atoms with E-state index in [-0.39, 0.29) is 24.5 Å². The first-order valence-electron chi connectivity index (χ1n) is 13.5. The van der Waals surface area contributed by atoms with E-state index in [4.69, 9.17) is 9.39 Å². The second-order valence-corrected chi connectivity index (χ2v) is 10.9. The number of fused-ring (bicyclic) bond motifs is 3. The lowest BCUT2D eigenvalue weighted by Gasteiger charge is -2.42. The van der Waals surface area contributed by atoms with E-state index in [0.717, 1.165) is 37.7 Å². The summed E-state index contributed by atoms with van der Waals surface area (Å²) in [6.45, 7) is 0.170. The molecule has 2 aromatic rings. The minimum atomic E-state index is -1.32. The number of hydrogen-bond donors (Lipinski definition) is 2. The molecular formula is C29H31BFNO6. The van der Waals surface area contributed by atoms with Gasteiger partial charge in [0.05, 0.1) is 17.9 Å². The number of phenolic OH excluding ortho intramolecular Hbond substituents is 1. The van der Waals surface area contributed by atoms with Crippen molar-refractivity contribution in [1.82, 2.24) is 4.90 Å². The van der Waals surface area contributed by atoms with Crippen LogP contribution in [-0.2, 0) is 14.2 Å². The number of para-hydroxylation sites is 1. The SMILES string of the molecule is O=C1[C@H]2[C@H](CC(COc3ccccc3)=C3B(O)O[C@H](c4ccc(O)c(F)c4)C[C@H]32)C(=O)N1C1CCCCC1. The highest BCUT2D eigenvalue weighted by Crippen LogP contribution is 2.52. The van der Waals surface area contributed by atoms with Crippen LogP contribution in [0.5, 0.6) is 11.5 Å². The molecule has 2 N–H and O–H groups in total. The summed E-state index contributed by atoms with van der Waals surface area (Å²) in [4.78, 5) is 29.1. The molecule has 3 fully saturated rings. The van der Waals surface area contributed by atoms with E-state index in [1.165, 1.54) is 17.0 Å². The zero-order chi connectivity index (χ0) is 26.4. The van der Waals surface area contributed by atoms with E-state index in [1.807, 2.05) is 30.3 Å². The Bertz CT molecular complexity index is 1260. The Balaban J connectivity index is 1.35. The summed E-state index contributed by atoms with van der Waals surface area (Å²) < 4.78 is 26.2. The molecule has 2 aromatic carbocycles. The summed E-state index contributed by atoms with van der Waals surface area (Å²) in [5.74, 6) is -2.43. The summed E-state index contributed by atoms with van der Waals surface area (Å²) in [6, 6.07) is 13.2. The Kier molecular flexibility index (Phi) is 6.74. The van der Waals surface area contributed by atoms with Gasteiger partial charge in [-0.3, -0.25) is 14.5 Å². The van der Waals surface area contributed by atoms with Crippen molar-refractivity contribution < 1.29 is 33.5 Å². The topological polar surface area (TPSA) is 96.3 Å². The van der Waals surface area contributed by atoms with Crippen molar-refractivity contribution in [3.05, 3.63) is 71.0 Å². The first-order chi connectivity index (χ1) is 18.4. The Labute approximate surface area is 221 Å². The molecule has 4 atom stereocenters. The van der Waals surface area contributed by atoms with E-state index >= 15 is 0 Å². The van der Waals surface area contributed by atoms with E-state index in [1.54, 1.807) is 6.07 Å². The van der Waals surface area contributed by atoms with Crippen LogP contribution in [0.3, 0.4) is 0 Å². The number of ether oxygens (including phenoxy) is 1. The molecule has 2 aliphatic heterocycles. The molecule has 1 saturated carbocycles. The third-order valence-electron chi connectivity index (χ3n) is 8.69. The normalized spacial score (nSPS) is 27.9. The molecular weight excluding hydrogens is 488 g/mol. The molecule has 198 valence electrons. The third kappa shape index (κ3) is 4.41. The molecule has 2 saturated heterocycles. The largest absolute Gasteiger partial charge is 0.505 e. The first-order valence-corrected chi connectivity index (χ1v) is 13.5. The van der Waals surface area contributed by atoms with Crippen molar-refractivity contribution in [3.8, 4) is 11.5 Å². The number of nitrogens with zero attached hydrogens (tertiary/aromatic N) is 1. The van der Waals surface area contributed by atoms with Crippen molar-refractivity contribution in [2.45, 2.75) is 57.1 Å². The molecule has 0 aromatic heterocycles. The fourth-order valence-corrected chi connectivity index (χ4v) is 6.89. The summed E-state index contributed by atoms with van der Waals surface area (Å²) in [5, 5.41) is 20.9. The molecule has 38 heavy (non-hydrogen) atoms. The van der Waals surface area contributed by atoms with Crippen molar-refractivity contribution in [3.63, 3.8) is 0 Å². The number of benzene rings is 2. The standard InChI is InChI=1S/C29H31BFNO6/c31-23-14-17(11-12-24(23)33)25-15-21-26-22(28(34)32(29(26)35)19-7-3-1-4-8-19)13-18(27(21)30(36)38-25)16-37-20-9-5-2-6-10-20/h2,5-6,9-12,14,19,21-22,25-26,33,36H,1,3-4,7-8,13,15-16H2/t21-,22-,25-,26+/m0/s1. The van der Waals surface area contributed by atoms with Gasteiger partial charge < -0.3 is 19.5 Å². The van der Waals surface area contributed by atoms with Crippen molar-refractivity contribution in [1.29, 1.82) is 0 Å². The van der Waals surface area contributed by atoms with Crippen LogP contribution in [0.4, 0.5) is 4.39 Å². The highest BCUT2D eigenvalue weighted by molar-refractivity contribution is 6.53. The maximum absolute atomic E-state index is 14.2. The van der Waals surface area contributed by atoms with Gasteiger partial charge in [-0.15, -0.1) is 0 Å². The smallest absolute Gasteiger partial charge is 0.487 e. The molecule has 6 rings (SSSR count). The predicted molar refractivity (Wildman–Crippen MR) is 137 cm³/mol. The number of imide groups is 1. The molecule has 2 amide bonds. The molecule has 9 heteroatoms. The monoisotopic (exact) mass is 519 g/mol. The number of rotatable bonds is 5. The fraction of sp³-hybridized carbons (Fsp3) is 0.448. The summed E-state index contributed by atoms with van der Waals surface area (Å²) in [5.41, 5.74) is 1.84. The zero-order valence-corrected chi connectivity index (χ0v) is 21.1. The molecule has 2 aliphatic carbocycles. The predicted octanol–water partition coefficient (Wildman–Crippen LogP) is 4.34. The van der Waals surface area contributed by atoms with Gasteiger partial charge in [-0.2, -0.15) is 0 Å². The van der Waals surface area contributed by atoms with E-state index in [2.05, 4.69) is 0 Å². The van der Waals surface area contributed by atoms with Gasteiger partial charge >= 0.3 is 7.12 Å². The second kappa shape index (κ2) is 10.2. The molecule has 7 nitrogen and oxygen atoms in total. The van der Waals surface area contributed by atoms with E-state index in [0.29, 0.717) is 29.6 Å². The number of allylic oxidation sites excluding steroid dienone is 1. The first kappa shape index (κ1) is 25.1. The Hall–Kier alpha value is -3.17. The number of phenols is 1. The highest BCUT2D eigenvalue weighted by Gasteiger charge is 2.59. The number of likely N-dealkylation sites (tertiary alicyclic amines) is 1. The number of aromatic hydroxyl groups is 1. The van der Waals surface area contributed by atoms with E-state index in [9.17, 15) is 24.1 Å². The second-order valence-electron chi connectivity index (χ2n) is 10.9. The van der Waals surface area contributed by atoms with Crippen LogP contribution in [0.1, 0.15) is 56.6 Å². The lowest BCUT2D eigenvalue weighted by Crippen LogP contribution is -2.46. The Morgan fingerprint density at radius 3 is 2.53 bits per heavy atom. The van der Waals surface area contributed by atoms with Gasteiger partial charge in [0.1, 0.15) is 12.4 Å². The van der Waals surface area contributed by atoms with Gasteiger partial charge in [0, 0.05) is 6.04 Å². The van der Waals surface area contributed by atoms with Gasteiger partial charge in [0.2, 0.25) is 11.8 Å². The maximum Gasteiger partial charge on any atom is 0.487 e. The minimum absolute atomic E-state index is 0.0754. The van der Waals surface area contributed by atoms with Crippen LogP contribution in [0.2, 0.25) is 0 Å². The molecule has 0 bridgehead atoms. The zero-order valence-electron chi connectivity index (χ0n) is 21.1. The number of carbonyl (C=O) groups is 2. The van der Waals surface area contributed by atoms with Gasteiger partial charge in [-0.25, -0.2) is 4.39 Å². The van der Waals surface area contributed by atoms with Crippen LogP contribution in [0.25, 0.3) is 0 Å². The fourth-order valence-electron chi connectivity index (χ4n) is 6.89. The number of hydrogen-bond acceptors (Lipinski definition) is 6. The van der Waals surface area contributed by atoms with Crippen molar-refractivity contribution >= 4 is 18.9 Å². The summed E-state index contributed by atoms with van der Waals surface area (Å²) in [6.07, 6.45) is 4.71. The highest BCUT2D eigenvalue weighted by atomic mass is 19.1. The van der Waals surface area contributed by atoms with Gasteiger partial charge in [-0.05, 0) is 72.5 Å². The van der Waals surface area contributed by atoms with Crippen LogP contribution in [0.15, 0.2) is 59.6 Å². The molecule has 0 unspecified atom stereocenters. The summed E-state index contributed by atoms with van der Waals surface area (Å²) in [7, 11) is -1.32. The average Bonchev–Trinajstić information content (AvgIpc) is 3.19. The lowest BCUT2D eigenvalue weighted by molar-refractivity contribution is -0.143. The molecule has 0 spiro atoms. The van der Waals surface area contributed by atoms with Gasteiger partial charge in [0.15, 0.2) is 11.6 Å². The maximum atomic E-state index is 14.2. The van der Waals surface area contributed by atoms with Crippen LogP contribution in [-0.4, -0.2) is 46.6 Å². The molecule has 0 radical (unpaired) electrons. The molecule has 4 aliphatic rings. The van der Waals surface area contributed by atoms with Gasteiger partial charge in [0.25, 0.3) is 0 Å².